The second kappa shape index (κ2) is 7.33. The summed E-state index contributed by atoms with van der Waals surface area (Å²) in [5.41, 5.74) is 0.962. The van der Waals surface area contributed by atoms with Gasteiger partial charge in [0.1, 0.15) is 5.75 Å². The van der Waals surface area contributed by atoms with Crippen molar-refractivity contribution < 1.29 is 4.74 Å². The molecule has 1 aromatic heterocycles. The smallest absolute Gasteiger partial charge is 0.208 e. The van der Waals surface area contributed by atoms with Gasteiger partial charge in [0.2, 0.25) is 5.16 Å². The van der Waals surface area contributed by atoms with E-state index in [1.54, 1.807) is 11.8 Å². The zero-order valence-corrected chi connectivity index (χ0v) is 13.3. The van der Waals surface area contributed by atoms with Crippen LogP contribution in [0.3, 0.4) is 0 Å². The highest BCUT2D eigenvalue weighted by molar-refractivity contribution is 7.99. The van der Waals surface area contributed by atoms with Gasteiger partial charge in [-0.15, -0.1) is 5.10 Å². The van der Waals surface area contributed by atoms with Crippen molar-refractivity contribution in [3.8, 4) is 17.1 Å². The molecular weight excluding hydrogens is 318 g/mol. The van der Waals surface area contributed by atoms with Crippen molar-refractivity contribution in [3.63, 3.8) is 0 Å². The van der Waals surface area contributed by atoms with E-state index in [4.69, 9.17) is 16.3 Å². The number of H-pyrrole nitrogens is 1. The summed E-state index contributed by atoms with van der Waals surface area (Å²) in [7, 11) is 0. The Morgan fingerprint density at radius 3 is 2.59 bits per heavy atom. The Morgan fingerprint density at radius 1 is 1.05 bits per heavy atom. The van der Waals surface area contributed by atoms with Crippen molar-refractivity contribution in [2.45, 2.75) is 5.16 Å². The third kappa shape index (κ3) is 4.02. The van der Waals surface area contributed by atoms with Crippen molar-refractivity contribution in [3.05, 3.63) is 59.6 Å². The molecule has 0 atom stereocenters. The second-order valence-corrected chi connectivity index (χ2v) is 5.98. The first-order chi connectivity index (χ1) is 10.8. The largest absolute Gasteiger partial charge is 0.493 e. The average Bonchev–Trinajstić information content (AvgIpc) is 3.02. The topological polar surface area (TPSA) is 50.8 Å². The molecule has 1 N–H and O–H groups in total. The fourth-order valence-electron chi connectivity index (χ4n) is 1.86. The van der Waals surface area contributed by atoms with Gasteiger partial charge in [-0.25, -0.2) is 4.98 Å². The fraction of sp³-hybridized carbons (Fsp3) is 0.125. The normalized spacial score (nSPS) is 10.6. The molecule has 0 amide bonds. The molecule has 3 rings (SSSR count). The molecule has 3 aromatic rings. The van der Waals surface area contributed by atoms with E-state index in [1.807, 2.05) is 54.6 Å². The van der Waals surface area contributed by atoms with Crippen LogP contribution >= 0.6 is 23.4 Å². The lowest BCUT2D eigenvalue weighted by Crippen LogP contribution is -2.00. The summed E-state index contributed by atoms with van der Waals surface area (Å²) in [5, 5.41) is 8.55. The van der Waals surface area contributed by atoms with Gasteiger partial charge in [0.05, 0.1) is 6.61 Å². The molecule has 0 saturated carbocycles. The third-order valence-corrected chi connectivity index (χ3v) is 3.97. The van der Waals surface area contributed by atoms with Gasteiger partial charge in [0.15, 0.2) is 5.82 Å². The molecule has 0 aliphatic carbocycles. The lowest BCUT2D eigenvalue weighted by atomic mass is 10.2. The molecule has 0 aliphatic rings. The van der Waals surface area contributed by atoms with Gasteiger partial charge in [-0.05, 0) is 36.4 Å². The summed E-state index contributed by atoms with van der Waals surface area (Å²) in [6.07, 6.45) is 0. The molecule has 0 fully saturated rings. The Bertz CT molecular complexity index is 716. The molecule has 22 heavy (non-hydrogen) atoms. The fourth-order valence-corrected chi connectivity index (χ4v) is 2.60. The molecule has 4 nitrogen and oxygen atoms in total. The third-order valence-electron chi connectivity index (χ3n) is 2.91. The minimum absolute atomic E-state index is 0.611. The van der Waals surface area contributed by atoms with E-state index in [9.17, 15) is 0 Å². The highest BCUT2D eigenvalue weighted by Crippen LogP contribution is 2.21. The number of rotatable bonds is 6. The van der Waals surface area contributed by atoms with Crippen LogP contribution in [-0.2, 0) is 0 Å². The molecule has 0 aliphatic heterocycles. The Hall–Kier alpha value is -1.98. The Labute approximate surface area is 137 Å². The molecule has 6 heteroatoms. The van der Waals surface area contributed by atoms with E-state index in [0.29, 0.717) is 16.8 Å². The number of para-hydroxylation sites is 1. The lowest BCUT2D eigenvalue weighted by molar-refractivity contribution is 0.344. The maximum Gasteiger partial charge on any atom is 0.208 e. The number of halogens is 1. The maximum atomic E-state index is 5.88. The molecule has 0 unspecified atom stereocenters. The number of thioether (sulfide) groups is 1. The zero-order chi connectivity index (χ0) is 15.2. The quantitative estimate of drug-likeness (QED) is 0.540. The number of ether oxygens (including phenoxy) is 1. The van der Waals surface area contributed by atoms with Crippen LogP contribution in [0.1, 0.15) is 0 Å². The molecule has 2 aromatic carbocycles. The van der Waals surface area contributed by atoms with Crippen LogP contribution in [-0.4, -0.2) is 27.5 Å². The standard InChI is InChI=1S/C16H14ClN3OS/c17-13-8-6-12(7-9-13)15-18-16(20-19-15)22-11-10-21-14-4-2-1-3-5-14/h1-9H,10-11H2,(H,18,19,20). The monoisotopic (exact) mass is 331 g/mol. The first-order valence-electron chi connectivity index (χ1n) is 6.80. The summed E-state index contributed by atoms with van der Waals surface area (Å²) < 4.78 is 5.63. The lowest BCUT2D eigenvalue weighted by Gasteiger charge is -2.03. The van der Waals surface area contributed by atoms with Crippen LogP contribution in [0.2, 0.25) is 5.02 Å². The Kier molecular flexibility index (Phi) is 4.98. The SMILES string of the molecule is Clc1ccc(-c2nc(SCCOc3ccccc3)n[nH]2)cc1. The summed E-state index contributed by atoms with van der Waals surface area (Å²) in [6, 6.07) is 17.2. The number of benzene rings is 2. The minimum Gasteiger partial charge on any atom is -0.493 e. The summed E-state index contributed by atoms with van der Waals surface area (Å²) in [4.78, 5) is 4.45. The van der Waals surface area contributed by atoms with Gasteiger partial charge in [-0.1, -0.05) is 41.6 Å². The molecule has 1 heterocycles. The molecular formula is C16H14ClN3OS. The number of aromatic nitrogens is 3. The van der Waals surface area contributed by atoms with Gasteiger partial charge in [0, 0.05) is 16.3 Å². The van der Waals surface area contributed by atoms with E-state index in [2.05, 4.69) is 15.2 Å². The summed E-state index contributed by atoms with van der Waals surface area (Å²) in [5.74, 6) is 2.40. The van der Waals surface area contributed by atoms with Gasteiger partial charge < -0.3 is 4.74 Å². The number of hydrogen-bond donors (Lipinski definition) is 1. The molecule has 0 spiro atoms. The van der Waals surface area contributed by atoms with Crippen molar-refractivity contribution in [2.24, 2.45) is 0 Å². The van der Waals surface area contributed by atoms with Gasteiger partial charge in [0.25, 0.3) is 0 Å². The van der Waals surface area contributed by atoms with E-state index in [-0.39, 0.29) is 0 Å². The number of aromatic amines is 1. The van der Waals surface area contributed by atoms with Crippen molar-refractivity contribution in [1.29, 1.82) is 0 Å². The van der Waals surface area contributed by atoms with Crippen LogP contribution in [0.4, 0.5) is 0 Å². The van der Waals surface area contributed by atoms with Crippen LogP contribution in [0.5, 0.6) is 5.75 Å². The van der Waals surface area contributed by atoms with E-state index < -0.39 is 0 Å². The Morgan fingerprint density at radius 2 is 1.82 bits per heavy atom. The number of nitrogens with one attached hydrogen (secondary N) is 1. The van der Waals surface area contributed by atoms with Crippen LogP contribution in [0, 0.1) is 0 Å². The first kappa shape index (κ1) is 14.9. The predicted molar refractivity (Wildman–Crippen MR) is 89.5 cm³/mol. The number of hydrogen-bond acceptors (Lipinski definition) is 4. The molecule has 0 bridgehead atoms. The van der Waals surface area contributed by atoms with Gasteiger partial charge >= 0.3 is 0 Å². The van der Waals surface area contributed by atoms with Crippen molar-refractivity contribution in [1.82, 2.24) is 15.2 Å². The van der Waals surface area contributed by atoms with Crippen molar-refractivity contribution >= 4 is 23.4 Å². The highest BCUT2D eigenvalue weighted by Gasteiger charge is 2.06. The first-order valence-corrected chi connectivity index (χ1v) is 8.16. The maximum absolute atomic E-state index is 5.88. The zero-order valence-electron chi connectivity index (χ0n) is 11.7. The molecule has 112 valence electrons. The van der Waals surface area contributed by atoms with Gasteiger partial charge in [-0.3, -0.25) is 5.10 Å². The van der Waals surface area contributed by atoms with Crippen LogP contribution < -0.4 is 4.74 Å². The second-order valence-electron chi connectivity index (χ2n) is 4.48. The molecule has 0 radical (unpaired) electrons. The minimum atomic E-state index is 0.611. The average molecular weight is 332 g/mol. The van der Waals surface area contributed by atoms with Crippen molar-refractivity contribution in [2.75, 3.05) is 12.4 Å². The summed E-state index contributed by atoms with van der Waals surface area (Å²) in [6.45, 7) is 0.611. The van der Waals surface area contributed by atoms with E-state index >= 15 is 0 Å². The predicted octanol–water partition coefficient (Wildman–Crippen LogP) is 4.30. The highest BCUT2D eigenvalue weighted by atomic mass is 35.5. The number of nitrogens with zero attached hydrogens (tertiary/aromatic N) is 2. The summed E-state index contributed by atoms with van der Waals surface area (Å²) >= 11 is 7.43. The van der Waals surface area contributed by atoms with Crippen LogP contribution in [0.25, 0.3) is 11.4 Å². The van der Waals surface area contributed by atoms with E-state index in [0.717, 1.165) is 22.9 Å². The van der Waals surface area contributed by atoms with Gasteiger partial charge in [-0.2, -0.15) is 0 Å². The van der Waals surface area contributed by atoms with Crippen LogP contribution in [0.15, 0.2) is 59.8 Å². The Balaban J connectivity index is 1.50. The van der Waals surface area contributed by atoms with E-state index in [1.165, 1.54) is 0 Å². The molecule has 0 saturated heterocycles.